The third-order valence-corrected chi connectivity index (χ3v) is 3.46. The highest BCUT2D eigenvalue weighted by Gasteiger charge is 2.13. The lowest BCUT2D eigenvalue weighted by Crippen LogP contribution is -2.16. The summed E-state index contributed by atoms with van der Waals surface area (Å²) in [5.74, 6) is -0.483. The van der Waals surface area contributed by atoms with Crippen molar-refractivity contribution in [2.45, 2.75) is 13.0 Å². The Balaban J connectivity index is 2.28. The van der Waals surface area contributed by atoms with Gasteiger partial charge in [0.1, 0.15) is 5.01 Å². The Bertz CT molecular complexity index is 553. The first-order valence-electron chi connectivity index (χ1n) is 5.43. The highest BCUT2D eigenvalue weighted by Crippen LogP contribution is 2.25. The van der Waals surface area contributed by atoms with Crippen LogP contribution in [0.25, 0.3) is 0 Å². The van der Waals surface area contributed by atoms with Crippen LogP contribution < -0.4 is 16.8 Å². The number of nitrogens with one attached hydrogen (secondary N) is 1. The van der Waals surface area contributed by atoms with Crippen molar-refractivity contribution in [3.63, 3.8) is 0 Å². The Hall–Kier alpha value is -2.08. The lowest BCUT2D eigenvalue weighted by atomic mass is 10.1. The molecule has 1 amide bonds. The number of nitrogens with zero attached hydrogens (tertiary/aromatic N) is 1. The van der Waals surface area contributed by atoms with Crippen molar-refractivity contribution in [2.75, 3.05) is 11.1 Å². The van der Waals surface area contributed by atoms with Crippen molar-refractivity contribution >= 4 is 28.6 Å². The van der Waals surface area contributed by atoms with Gasteiger partial charge in [0.25, 0.3) is 5.91 Å². The Morgan fingerprint density at radius 1 is 1.50 bits per heavy atom. The maximum Gasteiger partial charge on any atom is 0.250 e. The zero-order chi connectivity index (χ0) is 13.1. The van der Waals surface area contributed by atoms with Crippen LogP contribution in [-0.2, 0) is 0 Å². The SMILES string of the molecule is CC(Nc1cc(N)ccc1C(N)=O)c1nccs1. The average Bonchev–Trinajstić information content (AvgIpc) is 2.81. The van der Waals surface area contributed by atoms with E-state index in [4.69, 9.17) is 11.5 Å². The minimum Gasteiger partial charge on any atom is -0.399 e. The molecule has 18 heavy (non-hydrogen) atoms. The zero-order valence-corrected chi connectivity index (χ0v) is 10.7. The fourth-order valence-corrected chi connectivity index (χ4v) is 2.29. The Kier molecular flexibility index (Phi) is 3.47. The number of aromatic nitrogens is 1. The first kappa shape index (κ1) is 12.4. The Labute approximate surface area is 109 Å². The fraction of sp³-hybridized carbons (Fsp3) is 0.167. The van der Waals surface area contributed by atoms with Crippen molar-refractivity contribution in [3.8, 4) is 0 Å². The molecule has 1 unspecified atom stereocenters. The lowest BCUT2D eigenvalue weighted by Gasteiger charge is -2.15. The molecule has 0 aliphatic rings. The van der Waals surface area contributed by atoms with E-state index < -0.39 is 5.91 Å². The van der Waals surface area contributed by atoms with E-state index in [9.17, 15) is 4.79 Å². The molecule has 2 aromatic rings. The van der Waals surface area contributed by atoms with E-state index in [1.807, 2.05) is 12.3 Å². The van der Waals surface area contributed by atoms with Gasteiger partial charge in [0.2, 0.25) is 0 Å². The van der Waals surface area contributed by atoms with Gasteiger partial charge >= 0.3 is 0 Å². The van der Waals surface area contributed by atoms with Crippen LogP contribution in [0.4, 0.5) is 11.4 Å². The van der Waals surface area contributed by atoms with Gasteiger partial charge in [-0.05, 0) is 25.1 Å². The van der Waals surface area contributed by atoms with Crippen LogP contribution in [0.3, 0.4) is 0 Å². The van der Waals surface area contributed by atoms with Crippen LogP contribution in [0.5, 0.6) is 0 Å². The number of anilines is 2. The van der Waals surface area contributed by atoms with Crippen molar-refractivity contribution in [1.29, 1.82) is 0 Å². The number of hydrogen-bond acceptors (Lipinski definition) is 5. The molecule has 1 atom stereocenters. The number of rotatable bonds is 4. The van der Waals surface area contributed by atoms with Crippen LogP contribution in [0, 0.1) is 0 Å². The van der Waals surface area contributed by atoms with Crippen LogP contribution in [-0.4, -0.2) is 10.9 Å². The van der Waals surface area contributed by atoms with Crippen LogP contribution in [0.2, 0.25) is 0 Å². The second-order valence-corrected chi connectivity index (χ2v) is 4.83. The molecule has 5 nitrogen and oxygen atoms in total. The largest absolute Gasteiger partial charge is 0.399 e. The summed E-state index contributed by atoms with van der Waals surface area (Å²) in [6, 6.07) is 4.96. The Morgan fingerprint density at radius 2 is 2.28 bits per heavy atom. The molecule has 0 bridgehead atoms. The molecule has 6 heteroatoms. The van der Waals surface area contributed by atoms with Gasteiger partial charge in [-0.2, -0.15) is 0 Å². The average molecular weight is 262 g/mol. The van der Waals surface area contributed by atoms with Crippen LogP contribution in [0.15, 0.2) is 29.8 Å². The summed E-state index contributed by atoms with van der Waals surface area (Å²) in [6.45, 7) is 1.97. The number of carbonyl (C=O) groups excluding carboxylic acids is 1. The van der Waals surface area contributed by atoms with E-state index in [1.165, 1.54) is 0 Å². The molecule has 2 rings (SSSR count). The zero-order valence-electron chi connectivity index (χ0n) is 9.88. The van der Waals surface area contributed by atoms with Crippen molar-refractivity contribution in [2.24, 2.45) is 5.73 Å². The quantitative estimate of drug-likeness (QED) is 0.734. The van der Waals surface area contributed by atoms with Gasteiger partial charge in [-0.3, -0.25) is 4.79 Å². The van der Waals surface area contributed by atoms with E-state index >= 15 is 0 Å². The van der Waals surface area contributed by atoms with Crippen LogP contribution in [0.1, 0.15) is 28.3 Å². The second kappa shape index (κ2) is 5.05. The Morgan fingerprint density at radius 3 is 2.89 bits per heavy atom. The van der Waals surface area contributed by atoms with E-state index in [-0.39, 0.29) is 6.04 Å². The summed E-state index contributed by atoms with van der Waals surface area (Å²) in [4.78, 5) is 15.5. The topological polar surface area (TPSA) is 94.0 Å². The predicted molar refractivity (Wildman–Crippen MR) is 73.5 cm³/mol. The number of carbonyl (C=O) groups is 1. The van der Waals surface area contributed by atoms with Gasteiger partial charge < -0.3 is 16.8 Å². The number of amides is 1. The van der Waals surface area contributed by atoms with Gasteiger partial charge in [0.15, 0.2) is 0 Å². The van der Waals surface area contributed by atoms with Crippen molar-refractivity contribution < 1.29 is 4.79 Å². The molecule has 0 aliphatic heterocycles. The maximum absolute atomic E-state index is 11.3. The lowest BCUT2D eigenvalue weighted by molar-refractivity contribution is 0.100. The number of hydrogen-bond donors (Lipinski definition) is 3. The van der Waals surface area contributed by atoms with E-state index in [2.05, 4.69) is 10.3 Å². The molecule has 0 aliphatic carbocycles. The third-order valence-electron chi connectivity index (χ3n) is 2.50. The number of primary amides is 1. The smallest absolute Gasteiger partial charge is 0.250 e. The number of benzene rings is 1. The number of nitrogen functional groups attached to an aromatic ring is 1. The highest BCUT2D eigenvalue weighted by atomic mass is 32.1. The monoisotopic (exact) mass is 262 g/mol. The first-order valence-corrected chi connectivity index (χ1v) is 6.31. The standard InChI is InChI=1S/C12H14N4OS/c1-7(12-15-4-5-18-12)16-10-6-8(13)2-3-9(10)11(14)17/h2-7,16H,13H2,1H3,(H2,14,17). The summed E-state index contributed by atoms with van der Waals surface area (Å²) in [6.07, 6.45) is 1.74. The summed E-state index contributed by atoms with van der Waals surface area (Å²) in [7, 11) is 0. The maximum atomic E-state index is 11.3. The molecule has 1 aromatic carbocycles. The van der Waals surface area contributed by atoms with Crippen LogP contribution >= 0.6 is 11.3 Å². The first-order chi connectivity index (χ1) is 8.58. The predicted octanol–water partition coefficient (Wildman–Crippen LogP) is 2.00. The molecule has 0 radical (unpaired) electrons. The molecular formula is C12H14N4OS. The molecule has 1 aromatic heterocycles. The van der Waals surface area contributed by atoms with Gasteiger partial charge in [0, 0.05) is 23.0 Å². The number of nitrogens with two attached hydrogens (primary N) is 2. The third kappa shape index (κ3) is 2.60. The molecule has 0 saturated heterocycles. The van der Waals surface area contributed by atoms with Gasteiger partial charge in [0.05, 0.1) is 11.6 Å². The molecular weight excluding hydrogens is 248 g/mol. The summed E-state index contributed by atoms with van der Waals surface area (Å²) in [5.41, 5.74) is 12.7. The minimum absolute atomic E-state index is 0.00935. The van der Waals surface area contributed by atoms with Gasteiger partial charge in [-0.15, -0.1) is 11.3 Å². The fourth-order valence-electron chi connectivity index (χ4n) is 1.64. The molecule has 1 heterocycles. The number of thiazole rings is 1. The molecule has 0 fully saturated rings. The van der Waals surface area contributed by atoms with Gasteiger partial charge in [-0.1, -0.05) is 0 Å². The second-order valence-electron chi connectivity index (χ2n) is 3.91. The molecule has 5 N–H and O–H groups in total. The summed E-state index contributed by atoms with van der Waals surface area (Å²) < 4.78 is 0. The van der Waals surface area contributed by atoms with Crippen molar-refractivity contribution in [3.05, 3.63) is 40.3 Å². The van der Waals surface area contributed by atoms with E-state index in [0.29, 0.717) is 16.9 Å². The summed E-state index contributed by atoms with van der Waals surface area (Å²) >= 11 is 1.55. The van der Waals surface area contributed by atoms with Gasteiger partial charge in [-0.25, -0.2) is 4.98 Å². The molecule has 0 spiro atoms. The van der Waals surface area contributed by atoms with E-state index in [1.54, 1.807) is 35.7 Å². The minimum atomic E-state index is -0.483. The van der Waals surface area contributed by atoms with Crippen molar-refractivity contribution in [1.82, 2.24) is 4.98 Å². The van der Waals surface area contributed by atoms with E-state index in [0.717, 1.165) is 5.01 Å². The molecule has 0 saturated carbocycles. The summed E-state index contributed by atoms with van der Waals surface area (Å²) in [5, 5.41) is 6.04. The highest BCUT2D eigenvalue weighted by molar-refractivity contribution is 7.09. The molecule has 94 valence electrons. The normalized spacial score (nSPS) is 12.1.